The quantitative estimate of drug-likeness (QED) is 0.833. The van der Waals surface area contributed by atoms with E-state index in [2.05, 4.69) is 10.3 Å². The van der Waals surface area contributed by atoms with E-state index in [0.29, 0.717) is 11.3 Å². The average Bonchev–Trinajstić information content (AvgIpc) is 2.95. The summed E-state index contributed by atoms with van der Waals surface area (Å²) in [6, 6.07) is 3.49. The maximum atomic E-state index is 12.5. The van der Waals surface area contributed by atoms with Gasteiger partial charge in [0.05, 0.1) is 15.5 Å². The van der Waals surface area contributed by atoms with Crippen LogP contribution in [-0.2, 0) is 16.2 Å². The molecule has 0 aliphatic heterocycles. The van der Waals surface area contributed by atoms with Crippen LogP contribution in [0.15, 0.2) is 28.5 Å². The third-order valence-electron chi connectivity index (χ3n) is 2.98. The number of amides is 1. The van der Waals surface area contributed by atoms with Crippen molar-refractivity contribution in [2.75, 3.05) is 19.4 Å². The summed E-state index contributed by atoms with van der Waals surface area (Å²) in [6.45, 7) is 0. The lowest BCUT2D eigenvalue weighted by molar-refractivity contribution is -0.140. The molecular formula is C13H11ClF3N3O3S2. The highest BCUT2D eigenvalue weighted by molar-refractivity contribution is 7.89. The fourth-order valence-electron chi connectivity index (χ4n) is 1.68. The van der Waals surface area contributed by atoms with E-state index in [-0.39, 0.29) is 20.6 Å². The van der Waals surface area contributed by atoms with Crippen molar-refractivity contribution < 1.29 is 26.4 Å². The number of benzene rings is 1. The molecular weight excluding hydrogens is 403 g/mol. The van der Waals surface area contributed by atoms with Crippen molar-refractivity contribution in [3.05, 3.63) is 39.9 Å². The van der Waals surface area contributed by atoms with Gasteiger partial charge in [0.15, 0.2) is 10.8 Å². The van der Waals surface area contributed by atoms with Crippen molar-refractivity contribution in [3.63, 3.8) is 0 Å². The minimum Gasteiger partial charge on any atom is -0.298 e. The molecule has 0 bridgehead atoms. The van der Waals surface area contributed by atoms with Crippen LogP contribution in [-0.4, -0.2) is 37.7 Å². The van der Waals surface area contributed by atoms with E-state index in [9.17, 15) is 26.4 Å². The highest BCUT2D eigenvalue weighted by atomic mass is 35.5. The first kappa shape index (κ1) is 19.6. The molecule has 0 atom stereocenters. The lowest BCUT2D eigenvalue weighted by Crippen LogP contribution is -2.23. The lowest BCUT2D eigenvalue weighted by Gasteiger charge is -2.13. The first-order chi connectivity index (χ1) is 11.4. The lowest BCUT2D eigenvalue weighted by atomic mass is 10.2. The smallest absolute Gasteiger partial charge is 0.298 e. The van der Waals surface area contributed by atoms with Gasteiger partial charge in [-0.15, -0.1) is 11.3 Å². The number of alkyl halides is 3. The summed E-state index contributed by atoms with van der Waals surface area (Å²) in [5.41, 5.74) is -1.34. The molecule has 1 N–H and O–H groups in total. The van der Waals surface area contributed by atoms with Crippen molar-refractivity contribution in [1.82, 2.24) is 9.29 Å². The second-order valence-electron chi connectivity index (χ2n) is 4.92. The Kier molecular flexibility index (Phi) is 5.42. The van der Waals surface area contributed by atoms with E-state index in [1.54, 1.807) is 0 Å². The molecule has 0 saturated heterocycles. The van der Waals surface area contributed by atoms with Crippen LogP contribution >= 0.6 is 22.9 Å². The maximum absolute atomic E-state index is 12.5. The molecule has 1 aromatic carbocycles. The summed E-state index contributed by atoms with van der Waals surface area (Å²) in [6.07, 6.45) is -4.63. The van der Waals surface area contributed by atoms with Crippen LogP contribution in [0.2, 0.25) is 5.02 Å². The number of rotatable bonds is 4. The summed E-state index contributed by atoms with van der Waals surface area (Å²) in [5.74, 6) is -0.871. The number of halogens is 4. The van der Waals surface area contributed by atoms with E-state index in [1.807, 2.05) is 0 Å². The zero-order chi connectivity index (χ0) is 19.0. The van der Waals surface area contributed by atoms with Gasteiger partial charge in [-0.3, -0.25) is 10.1 Å². The second kappa shape index (κ2) is 6.90. The average molecular weight is 414 g/mol. The van der Waals surface area contributed by atoms with Crippen LogP contribution in [0.5, 0.6) is 0 Å². The normalized spacial score (nSPS) is 12.4. The number of thiazole rings is 1. The van der Waals surface area contributed by atoms with Crippen molar-refractivity contribution >= 4 is 44.0 Å². The maximum Gasteiger partial charge on any atom is 0.434 e. The Balaban J connectivity index is 2.32. The number of nitrogens with zero attached hydrogens (tertiary/aromatic N) is 2. The summed E-state index contributed by atoms with van der Waals surface area (Å²) >= 11 is 6.49. The monoisotopic (exact) mass is 413 g/mol. The van der Waals surface area contributed by atoms with Gasteiger partial charge in [-0.25, -0.2) is 17.7 Å². The van der Waals surface area contributed by atoms with Crippen LogP contribution in [0.25, 0.3) is 0 Å². The molecule has 0 radical (unpaired) electrons. The van der Waals surface area contributed by atoms with Crippen LogP contribution in [0.4, 0.5) is 18.3 Å². The van der Waals surface area contributed by atoms with Crippen LogP contribution in [0.3, 0.4) is 0 Å². The molecule has 1 aromatic heterocycles. The Hall–Kier alpha value is -1.69. The van der Waals surface area contributed by atoms with Crippen LogP contribution in [0.1, 0.15) is 16.1 Å². The van der Waals surface area contributed by atoms with Crippen LogP contribution in [0, 0.1) is 0 Å². The Morgan fingerprint density at radius 2 is 1.96 bits per heavy atom. The summed E-state index contributed by atoms with van der Waals surface area (Å²) in [4.78, 5) is 15.3. The molecule has 0 spiro atoms. The fourth-order valence-corrected chi connectivity index (χ4v) is 3.52. The van der Waals surface area contributed by atoms with Gasteiger partial charge in [-0.1, -0.05) is 11.6 Å². The molecule has 25 heavy (non-hydrogen) atoms. The molecule has 2 aromatic rings. The molecule has 0 saturated carbocycles. The molecule has 1 heterocycles. The van der Waals surface area contributed by atoms with Gasteiger partial charge in [0, 0.05) is 19.5 Å². The largest absolute Gasteiger partial charge is 0.434 e. The highest BCUT2D eigenvalue weighted by Gasteiger charge is 2.34. The van der Waals surface area contributed by atoms with Gasteiger partial charge in [0.2, 0.25) is 10.0 Å². The van der Waals surface area contributed by atoms with Gasteiger partial charge in [0.25, 0.3) is 5.91 Å². The molecule has 2 rings (SSSR count). The third-order valence-corrected chi connectivity index (χ3v) is 5.87. The Morgan fingerprint density at radius 3 is 2.48 bits per heavy atom. The van der Waals surface area contributed by atoms with Crippen molar-refractivity contribution in [2.45, 2.75) is 11.1 Å². The van der Waals surface area contributed by atoms with Crippen molar-refractivity contribution in [1.29, 1.82) is 0 Å². The van der Waals surface area contributed by atoms with Gasteiger partial charge in [0.1, 0.15) is 0 Å². The minimum atomic E-state index is -4.63. The number of carbonyl (C=O) groups excluding carboxylic acids is 1. The standard InChI is InChI=1S/C13H11ClF3N3O3S2/c1-20(2)25(22,23)7-3-4-9(14)8(5-7)11(21)19-12-18-10(6-24-12)13(15,16)17/h3-6H,1-2H3,(H,18,19,21). The molecule has 0 aliphatic rings. The summed E-state index contributed by atoms with van der Waals surface area (Å²) in [7, 11) is -1.17. The SMILES string of the molecule is CN(C)S(=O)(=O)c1ccc(Cl)c(C(=O)Nc2nc(C(F)(F)F)cs2)c1. The summed E-state index contributed by atoms with van der Waals surface area (Å²) in [5, 5.41) is 2.59. The fraction of sp³-hybridized carbons (Fsp3) is 0.231. The summed E-state index contributed by atoms with van der Waals surface area (Å²) < 4.78 is 62.7. The Bertz CT molecular complexity index is 911. The number of nitrogens with one attached hydrogen (secondary N) is 1. The Labute approximate surface area is 150 Å². The topological polar surface area (TPSA) is 79.4 Å². The zero-order valence-electron chi connectivity index (χ0n) is 12.8. The predicted octanol–water partition coefficient (Wildman–Crippen LogP) is 3.32. The van der Waals surface area contributed by atoms with Crippen molar-refractivity contribution in [3.8, 4) is 0 Å². The first-order valence-corrected chi connectivity index (χ1v) is 9.19. The highest BCUT2D eigenvalue weighted by Crippen LogP contribution is 2.32. The van der Waals surface area contributed by atoms with Gasteiger partial charge in [-0.2, -0.15) is 13.2 Å². The molecule has 0 fully saturated rings. The molecule has 12 heteroatoms. The van der Waals surface area contributed by atoms with Gasteiger partial charge < -0.3 is 0 Å². The van der Waals surface area contributed by atoms with E-state index in [1.165, 1.54) is 26.2 Å². The Morgan fingerprint density at radius 1 is 1.32 bits per heavy atom. The zero-order valence-corrected chi connectivity index (χ0v) is 15.1. The number of carbonyl (C=O) groups is 1. The first-order valence-electron chi connectivity index (χ1n) is 6.49. The third kappa shape index (κ3) is 4.29. The second-order valence-corrected chi connectivity index (χ2v) is 8.34. The number of hydrogen-bond acceptors (Lipinski definition) is 5. The van der Waals surface area contributed by atoms with Crippen molar-refractivity contribution in [2.24, 2.45) is 0 Å². The number of sulfonamides is 1. The van der Waals surface area contributed by atoms with E-state index < -0.39 is 27.8 Å². The van der Waals surface area contributed by atoms with Gasteiger partial charge >= 0.3 is 6.18 Å². The number of aromatic nitrogens is 1. The minimum absolute atomic E-state index is 0.0530. The van der Waals surface area contributed by atoms with E-state index >= 15 is 0 Å². The predicted molar refractivity (Wildman–Crippen MR) is 87.4 cm³/mol. The molecule has 6 nitrogen and oxygen atoms in total. The van der Waals surface area contributed by atoms with Gasteiger partial charge in [-0.05, 0) is 18.2 Å². The van der Waals surface area contributed by atoms with E-state index in [0.717, 1.165) is 15.8 Å². The molecule has 1 amide bonds. The number of hydrogen-bond donors (Lipinski definition) is 1. The number of anilines is 1. The molecule has 0 aliphatic carbocycles. The molecule has 136 valence electrons. The van der Waals surface area contributed by atoms with Crippen LogP contribution < -0.4 is 5.32 Å². The molecule has 0 unspecified atom stereocenters. The van der Waals surface area contributed by atoms with E-state index in [4.69, 9.17) is 11.6 Å².